The maximum atomic E-state index is 11.2. The second-order valence-electron chi connectivity index (χ2n) is 5.65. The number of carbonyl (C=O) groups is 1. The molecule has 6 nitrogen and oxygen atoms in total. The highest BCUT2D eigenvalue weighted by Crippen LogP contribution is 2.35. The van der Waals surface area contributed by atoms with Gasteiger partial charge < -0.3 is 14.9 Å². The molecule has 0 amide bonds. The summed E-state index contributed by atoms with van der Waals surface area (Å²) in [6, 6.07) is 12.6. The molecule has 2 heterocycles. The van der Waals surface area contributed by atoms with Crippen molar-refractivity contribution < 1.29 is 14.7 Å². The predicted octanol–water partition coefficient (Wildman–Crippen LogP) is 2.07. The van der Waals surface area contributed by atoms with Crippen LogP contribution < -0.4 is 5.46 Å². The molecule has 7 heteroatoms. The summed E-state index contributed by atoms with van der Waals surface area (Å²) >= 11 is 0. The summed E-state index contributed by atoms with van der Waals surface area (Å²) < 4.78 is 0. The Hall–Kier alpha value is -3.35. The highest BCUT2D eigenvalue weighted by Gasteiger charge is 2.29. The Bertz CT molecular complexity index is 1080. The van der Waals surface area contributed by atoms with Crippen molar-refractivity contribution in [2.45, 2.75) is 6.92 Å². The quantitative estimate of drug-likeness (QED) is 0.429. The lowest BCUT2D eigenvalue weighted by atomic mass is 9.94. The average molecular weight is 329 g/mol. The van der Waals surface area contributed by atoms with Crippen LogP contribution >= 0.6 is 0 Å². The Morgan fingerprint density at radius 2 is 2.08 bits per heavy atom. The van der Waals surface area contributed by atoms with Gasteiger partial charge in [-0.2, -0.15) is 0 Å². The Morgan fingerprint density at radius 1 is 1.28 bits per heavy atom. The first-order valence-corrected chi connectivity index (χ1v) is 7.59. The molecule has 2 radical (unpaired) electrons. The number of nitrogens with one attached hydrogen (secondary N) is 1. The molecule has 0 aliphatic carbocycles. The number of nitrogens with zero attached hydrogens (tertiary/aromatic N) is 2. The lowest BCUT2D eigenvalue weighted by molar-refractivity contribution is -0.140. The van der Waals surface area contributed by atoms with Crippen LogP contribution in [0.2, 0.25) is 0 Å². The number of rotatable bonds is 2. The molecular formula is C18H12BN3O3. The lowest BCUT2D eigenvalue weighted by Gasteiger charge is -2.04. The molecule has 120 valence electrons. The zero-order valence-corrected chi connectivity index (χ0v) is 13.3. The van der Waals surface area contributed by atoms with Crippen LogP contribution in [0.3, 0.4) is 0 Å². The molecule has 25 heavy (non-hydrogen) atoms. The standard InChI is InChI=1S/C18H12BN3O3/c1-9(23)25-22-16-12-4-2-3-5-13(12)20-17(16)15-11-7-6-10(19)8-14(11)21-18(15)24/h2-8,21,24H,1H3/b22-16+. The van der Waals surface area contributed by atoms with Gasteiger partial charge in [-0.25, -0.2) is 9.79 Å². The highest BCUT2D eigenvalue weighted by atomic mass is 16.7. The maximum absolute atomic E-state index is 11.2. The van der Waals surface area contributed by atoms with E-state index in [1.54, 1.807) is 18.2 Å². The summed E-state index contributed by atoms with van der Waals surface area (Å²) in [5.74, 6) is -0.588. The molecule has 4 rings (SSSR count). The van der Waals surface area contributed by atoms with E-state index >= 15 is 0 Å². The third-order valence-electron chi connectivity index (χ3n) is 3.92. The SMILES string of the molecule is [B]c1ccc2c(C3=Nc4ccccc4/C3=N\OC(C)=O)c(O)[nH]c2c1. The van der Waals surface area contributed by atoms with E-state index in [0.717, 1.165) is 10.9 Å². The third kappa shape index (κ3) is 2.50. The molecule has 3 aromatic rings. The van der Waals surface area contributed by atoms with E-state index in [-0.39, 0.29) is 5.88 Å². The molecule has 0 bridgehead atoms. The van der Waals surface area contributed by atoms with Gasteiger partial charge >= 0.3 is 5.97 Å². The molecule has 0 fully saturated rings. The number of benzene rings is 2. The van der Waals surface area contributed by atoms with E-state index in [9.17, 15) is 9.90 Å². The largest absolute Gasteiger partial charge is 0.494 e. The fourth-order valence-corrected chi connectivity index (χ4v) is 2.89. The normalized spacial score (nSPS) is 14.6. The third-order valence-corrected chi connectivity index (χ3v) is 3.92. The van der Waals surface area contributed by atoms with Crippen molar-refractivity contribution in [1.82, 2.24) is 4.98 Å². The first kappa shape index (κ1) is 15.2. The van der Waals surface area contributed by atoms with Gasteiger partial charge in [-0.1, -0.05) is 41.0 Å². The van der Waals surface area contributed by atoms with Gasteiger partial charge in [-0.05, 0) is 12.1 Å². The van der Waals surface area contributed by atoms with Crippen LogP contribution in [0.5, 0.6) is 5.88 Å². The van der Waals surface area contributed by atoms with Gasteiger partial charge in [0.1, 0.15) is 19.3 Å². The average Bonchev–Trinajstić information content (AvgIpc) is 3.08. The number of aromatic nitrogens is 1. The minimum Gasteiger partial charge on any atom is -0.494 e. The van der Waals surface area contributed by atoms with E-state index in [0.29, 0.717) is 33.7 Å². The predicted molar refractivity (Wildman–Crippen MR) is 96.3 cm³/mol. The van der Waals surface area contributed by atoms with Crippen LogP contribution in [-0.2, 0) is 9.63 Å². The molecule has 1 aromatic heterocycles. The van der Waals surface area contributed by atoms with Gasteiger partial charge in [0.25, 0.3) is 0 Å². The van der Waals surface area contributed by atoms with E-state index < -0.39 is 5.97 Å². The second-order valence-corrected chi connectivity index (χ2v) is 5.65. The van der Waals surface area contributed by atoms with Crippen LogP contribution in [0.1, 0.15) is 18.1 Å². The van der Waals surface area contributed by atoms with Crippen LogP contribution in [-0.4, -0.2) is 35.3 Å². The number of aliphatic imine (C=N–C) groups is 1. The molecule has 2 aromatic carbocycles. The number of aromatic amines is 1. The Kier molecular flexibility index (Phi) is 3.42. The first-order valence-electron chi connectivity index (χ1n) is 7.59. The summed E-state index contributed by atoms with van der Waals surface area (Å²) in [7, 11) is 5.80. The second kappa shape index (κ2) is 5.63. The number of H-pyrrole nitrogens is 1. The number of aromatic hydroxyl groups is 1. The number of carbonyl (C=O) groups excluding carboxylic acids is 1. The van der Waals surface area contributed by atoms with Gasteiger partial charge in [0, 0.05) is 23.4 Å². The number of fused-ring (bicyclic) bond motifs is 2. The molecule has 1 aliphatic rings. The monoisotopic (exact) mass is 329 g/mol. The van der Waals surface area contributed by atoms with Gasteiger partial charge in [-0.15, -0.1) is 0 Å². The molecule has 2 N–H and O–H groups in total. The topological polar surface area (TPSA) is 87.0 Å². The Labute approximate surface area is 144 Å². The number of para-hydroxylation sites is 1. The summed E-state index contributed by atoms with van der Waals surface area (Å²) in [5, 5.41) is 15.1. The van der Waals surface area contributed by atoms with E-state index in [4.69, 9.17) is 12.7 Å². The highest BCUT2D eigenvalue weighted by molar-refractivity contribution is 6.58. The van der Waals surface area contributed by atoms with Crippen molar-refractivity contribution in [3.05, 3.63) is 53.6 Å². The smallest absolute Gasteiger partial charge is 0.332 e. The lowest BCUT2D eigenvalue weighted by Crippen LogP contribution is -2.14. The molecular weight excluding hydrogens is 317 g/mol. The number of hydrogen-bond donors (Lipinski definition) is 2. The van der Waals surface area contributed by atoms with Crippen molar-refractivity contribution in [2.24, 2.45) is 10.1 Å². The van der Waals surface area contributed by atoms with Gasteiger partial charge in [0.15, 0.2) is 5.88 Å². The van der Waals surface area contributed by atoms with E-state index in [1.165, 1.54) is 6.92 Å². The Morgan fingerprint density at radius 3 is 2.88 bits per heavy atom. The van der Waals surface area contributed by atoms with Gasteiger partial charge in [-0.3, -0.25) is 0 Å². The van der Waals surface area contributed by atoms with Crippen molar-refractivity contribution in [3.8, 4) is 5.88 Å². The van der Waals surface area contributed by atoms with Crippen molar-refractivity contribution in [1.29, 1.82) is 0 Å². The van der Waals surface area contributed by atoms with Crippen molar-refractivity contribution >= 4 is 47.3 Å². The molecule has 1 aliphatic heterocycles. The Balaban J connectivity index is 1.94. The number of hydrogen-bond acceptors (Lipinski definition) is 5. The molecule has 0 saturated carbocycles. The minimum atomic E-state index is -0.535. The van der Waals surface area contributed by atoms with E-state index in [1.807, 2.05) is 24.3 Å². The first-order chi connectivity index (χ1) is 12.0. The van der Waals surface area contributed by atoms with Gasteiger partial charge in [0.05, 0.1) is 11.3 Å². The van der Waals surface area contributed by atoms with Crippen LogP contribution in [0, 0.1) is 0 Å². The van der Waals surface area contributed by atoms with Crippen LogP contribution in [0.4, 0.5) is 5.69 Å². The fourth-order valence-electron chi connectivity index (χ4n) is 2.89. The molecule has 0 atom stereocenters. The summed E-state index contributed by atoms with van der Waals surface area (Å²) in [6.07, 6.45) is 0. The summed E-state index contributed by atoms with van der Waals surface area (Å²) in [5.41, 5.74) is 3.96. The van der Waals surface area contributed by atoms with Gasteiger partial charge in [0.2, 0.25) is 0 Å². The minimum absolute atomic E-state index is 0.0531. The fraction of sp³-hybridized carbons (Fsp3) is 0.0556. The van der Waals surface area contributed by atoms with E-state index in [2.05, 4.69) is 15.1 Å². The maximum Gasteiger partial charge on any atom is 0.332 e. The molecule has 0 saturated heterocycles. The summed E-state index contributed by atoms with van der Waals surface area (Å²) in [4.78, 5) is 23.5. The van der Waals surface area contributed by atoms with Crippen LogP contribution in [0.25, 0.3) is 10.9 Å². The zero-order valence-electron chi connectivity index (χ0n) is 13.3. The van der Waals surface area contributed by atoms with Crippen molar-refractivity contribution in [2.75, 3.05) is 0 Å². The molecule has 0 unspecified atom stereocenters. The zero-order chi connectivity index (χ0) is 17.6. The van der Waals surface area contributed by atoms with Crippen molar-refractivity contribution in [3.63, 3.8) is 0 Å². The van der Waals surface area contributed by atoms with Crippen LogP contribution in [0.15, 0.2) is 52.6 Å². The molecule has 0 spiro atoms. The summed E-state index contributed by atoms with van der Waals surface area (Å²) in [6.45, 7) is 1.27. The number of oxime groups is 1.